The van der Waals surface area contributed by atoms with E-state index in [1.165, 1.54) is 18.6 Å². The van der Waals surface area contributed by atoms with Crippen molar-refractivity contribution >= 4 is 12.4 Å². The van der Waals surface area contributed by atoms with Crippen LogP contribution in [0.25, 0.3) is 11.4 Å². The second-order valence-corrected chi connectivity index (χ2v) is 5.47. The fraction of sp³-hybridized carbons (Fsp3) is 0.467. The van der Waals surface area contributed by atoms with Gasteiger partial charge in [-0.05, 0) is 56.7 Å². The van der Waals surface area contributed by atoms with Gasteiger partial charge < -0.3 is 9.84 Å². The van der Waals surface area contributed by atoms with Crippen LogP contribution >= 0.6 is 12.4 Å². The zero-order chi connectivity index (χ0) is 14.7. The molecule has 0 saturated carbocycles. The summed E-state index contributed by atoms with van der Waals surface area (Å²) in [4.78, 5) is 6.71. The lowest BCUT2D eigenvalue weighted by Crippen LogP contribution is -2.24. The molecule has 1 aromatic heterocycles. The van der Waals surface area contributed by atoms with Gasteiger partial charge in [-0.15, -0.1) is 12.4 Å². The molecular weight excluding hydrogens is 307 g/mol. The molecule has 1 saturated heterocycles. The molecular formula is C15H20ClFN4O. The summed E-state index contributed by atoms with van der Waals surface area (Å²) in [5.74, 6) is 1.54. The average Bonchev–Trinajstić information content (AvgIpc) is 3.11. The Morgan fingerprint density at radius 2 is 2.14 bits per heavy atom. The fourth-order valence-electron chi connectivity index (χ4n) is 2.74. The molecule has 1 aliphatic heterocycles. The lowest BCUT2D eigenvalue weighted by molar-refractivity contribution is 0.260. The molecule has 1 fully saturated rings. The Labute approximate surface area is 135 Å². The average molecular weight is 327 g/mol. The van der Waals surface area contributed by atoms with E-state index in [1.807, 2.05) is 7.05 Å². The van der Waals surface area contributed by atoms with E-state index in [0.29, 0.717) is 24.2 Å². The highest BCUT2D eigenvalue weighted by Crippen LogP contribution is 2.20. The Balaban J connectivity index is 0.00000176. The first kappa shape index (κ1) is 16.9. The maximum absolute atomic E-state index is 12.9. The van der Waals surface area contributed by atoms with E-state index in [1.54, 1.807) is 12.1 Å². The highest BCUT2D eigenvalue weighted by atomic mass is 35.5. The number of hydrogen-bond acceptors (Lipinski definition) is 5. The van der Waals surface area contributed by atoms with Gasteiger partial charge in [0.2, 0.25) is 11.7 Å². The minimum absolute atomic E-state index is 0. The quantitative estimate of drug-likeness (QED) is 0.914. The van der Waals surface area contributed by atoms with Crippen LogP contribution in [0.2, 0.25) is 0 Å². The van der Waals surface area contributed by atoms with Crippen LogP contribution < -0.4 is 5.32 Å². The van der Waals surface area contributed by atoms with Crippen LogP contribution in [0.15, 0.2) is 28.8 Å². The molecule has 1 aromatic carbocycles. The van der Waals surface area contributed by atoms with Crippen LogP contribution in [0.4, 0.5) is 4.39 Å². The highest BCUT2D eigenvalue weighted by Gasteiger charge is 2.23. The van der Waals surface area contributed by atoms with E-state index in [0.717, 1.165) is 25.2 Å². The molecule has 3 rings (SSSR count). The summed E-state index contributed by atoms with van der Waals surface area (Å²) in [5.41, 5.74) is 0.765. The van der Waals surface area contributed by atoms with Crippen molar-refractivity contribution in [2.75, 3.05) is 26.7 Å². The molecule has 0 bridgehead atoms. The third kappa shape index (κ3) is 4.03. The predicted molar refractivity (Wildman–Crippen MR) is 84.3 cm³/mol. The molecule has 120 valence electrons. The molecule has 2 aromatic rings. The van der Waals surface area contributed by atoms with Crippen LogP contribution in [0.3, 0.4) is 0 Å². The molecule has 7 heteroatoms. The Kier molecular flexibility index (Phi) is 5.88. The first-order valence-corrected chi connectivity index (χ1v) is 7.20. The minimum Gasteiger partial charge on any atom is -0.338 e. The number of nitrogens with one attached hydrogen (secondary N) is 1. The van der Waals surface area contributed by atoms with Gasteiger partial charge >= 0.3 is 0 Å². The minimum atomic E-state index is -0.268. The van der Waals surface area contributed by atoms with E-state index in [9.17, 15) is 4.39 Å². The molecule has 0 spiro atoms. The zero-order valence-electron chi connectivity index (χ0n) is 12.5. The summed E-state index contributed by atoms with van der Waals surface area (Å²) < 4.78 is 18.2. The van der Waals surface area contributed by atoms with Gasteiger partial charge in [-0.1, -0.05) is 5.16 Å². The van der Waals surface area contributed by atoms with E-state index in [4.69, 9.17) is 4.52 Å². The molecule has 22 heavy (non-hydrogen) atoms. The van der Waals surface area contributed by atoms with Crippen molar-refractivity contribution in [2.45, 2.75) is 13.0 Å². The topological polar surface area (TPSA) is 54.2 Å². The zero-order valence-corrected chi connectivity index (χ0v) is 13.3. The van der Waals surface area contributed by atoms with E-state index >= 15 is 0 Å². The van der Waals surface area contributed by atoms with Crippen LogP contribution in [0.5, 0.6) is 0 Å². The third-order valence-electron chi connectivity index (χ3n) is 3.79. The van der Waals surface area contributed by atoms with Gasteiger partial charge in [0, 0.05) is 12.1 Å². The molecule has 0 amide bonds. The summed E-state index contributed by atoms with van der Waals surface area (Å²) >= 11 is 0. The lowest BCUT2D eigenvalue weighted by Gasteiger charge is -2.12. The number of rotatable bonds is 5. The number of likely N-dealkylation sites (tertiary alicyclic amines) is 1. The molecule has 2 heterocycles. The van der Waals surface area contributed by atoms with E-state index in [-0.39, 0.29) is 18.2 Å². The summed E-state index contributed by atoms with van der Waals surface area (Å²) in [6.07, 6.45) is 1.19. The number of aromatic nitrogens is 2. The van der Waals surface area contributed by atoms with Crippen molar-refractivity contribution in [3.63, 3.8) is 0 Å². The van der Waals surface area contributed by atoms with Gasteiger partial charge in [0.05, 0.1) is 6.54 Å². The van der Waals surface area contributed by atoms with E-state index in [2.05, 4.69) is 20.4 Å². The van der Waals surface area contributed by atoms with E-state index < -0.39 is 0 Å². The van der Waals surface area contributed by atoms with Crippen LogP contribution in [0, 0.1) is 11.7 Å². The first-order valence-electron chi connectivity index (χ1n) is 7.20. The maximum Gasteiger partial charge on any atom is 0.241 e. The Bertz CT molecular complexity index is 589. The Morgan fingerprint density at radius 1 is 1.36 bits per heavy atom. The summed E-state index contributed by atoms with van der Waals surface area (Å²) in [7, 11) is 1.98. The third-order valence-corrected chi connectivity index (χ3v) is 3.79. The molecule has 1 unspecified atom stereocenters. The maximum atomic E-state index is 12.9. The largest absolute Gasteiger partial charge is 0.338 e. The highest BCUT2D eigenvalue weighted by molar-refractivity contribution is 5.85. The number of benzene rings is 1. The molecule has 0 aliphatic carbocycles. The fourth-order valence-corrected chi connectivity index (χ4v) is 2.74. The van der Waals surface area contributed by atoms with Crippen LogP contribution in [-0.2, 0) is 6.54 Å². The smallest absolute Gasteiger partial charge is 0.241 e. The van der Waals surface area contributed by atoms with Gasteiger partial charge in [-0.25, -0.2) is 4.39 Å². The Hall–Kier alpha value is -1.50. The predicted octanol–water partition coefficient (Wildman–Crippen LogP) is 2.34. The van der Waals surface area contributed by atoms with Gasteiger partial charge in [0.25, 0.3) is 0 Å². The molecule has 5 nitrogen and oxygen atoms in total. The van der Waals surface area contributed by atoms with Crippen LogP contribution in [0.1, 0.15) is 12.3 Å². The molecule has 0 radical (unpaired) electrons. The Morgan fingerprint density at radius 3 is 2.86 bits per heavy atom. The first-order chi connectivity index (χ1) is 10.2. The van der Waals surface area contributed by atoms with Gasteiger partial charge in [-0.3, -0.25) is 4.90 Å². The van der Waals surface area contributed by atoms with Crippen molar-refractivity contribution in [1.82, 2.24) is 20.4 Å². The summed E-state index contributed by atoms with van der Waals surface area (Å²) in [5, 5.41) is 7.18. The second-order valence-electron chi connectivity index (χ2n) is 5.47. The summed E-state index contributed by atoms with van der Waals surface area (Å²) in [6.45, 7) is 3.82. The number of halogens is 2. The van der Waals surface area contributed by atoms with Gasteiger partial charge in [-0.2, -0.15) is 4.98 Å². The SMILES string of the molecule is CNCC1CCN(Cc2nc(-c3ccc(F)cc3)no2)C1.Cl. The van der Waals surface area contributed by atoms with Crippen molar-refractivity contribution in [1.29, 1.82) is 0 Å². The van der Waals surface area contributed by atoms with Crippen molar-refractivity contribution in [3.05, 3.63) is 36.0 Å². The van der Waals surface area contributed by atoms with Crippen molar-refractivity contribution in [3.8, 4) is 11.4 Å². The molecule has 1 atom stereocenters. The second kappa shape index (κ2) is 7.67. The molecule has 1 N–H and O–H groups in total. The lowest BCUT2D eigenvalue weighted by atomic mass is 10.1. The number of hydrogen-bond donors (Lipinski definition) is 1. The van der Waals surface area contributed by atoms with Crippen molar-refractivity contribution < 1.29 is 8.91 Å². The summed E-state index contributed by atoms with van der Waals surface area (Å²) in [6, 6.07) is 6.11. The normalized spacial score (nSPS) is 18.4. The number of nitrogens with zero attached hydrogens (tertiary/aromatic N) is 3. The monoisotopic (exact) mass is 326 g/mol. The standard InChI is InChI=1S/C15H19FN4O.ClH/c1-17-8-11-6-7-20(9-11)10-14-18-15(19-21-14)12-2-4-13(16)5-3-12;/h2-5,11,17H,6-10H2,1H3;1H. The van der Waals surface area contributed by atoms with Crippen molar-refractivity contribution in [2.24, 2.45) is 5.92 Å². The van der Waals surface area contributed by atoms with Gasteiger partial charge in [0.15, 0.2) is 0 Å². The van der Waals surface area contributed by atoms with Crippen LogP contribution in [-0.4, -0.2) is 41.7 Å². The molecule has 1 aliphatic rings. The van der Waals surface area contributed by atoms with Gasteiger partial charge in [0.1, 0.15) is 5.82 Å².